The van der Waals surface area contributed by atoms with Crippen LogP contribution >= 0.6 is 0 Å². The summed E-state index contributed by atoms with van der Waals surface area (Å²) in [5, 5.41) is 9.59. The molecule has 4 nitrogen and oxygen atoms in total. The van der Waals surface area contributed by atoms with Gasteiger partial charge in [-0.2, -0.15) is 5.10 Å². The summed E-state index contributed by atoms with van der Waals surface area (Å²) in [6.07, 6.45) is 5.78. The highest BCUT2D eigenvalue weighted by atomic mass is 16.1. The highest BCUT2D eigenvalue weighted by Gasteiger charge is 2.06. The fourth-order valence-corrected chi connectivity index (χ4v) is 2.14. The molecule has 1 aromatic carbocycles. The molecule has 0 radical (unpaired) electrons. The van der Waals surface area contributed by atoms with E-state index in [2.05, 4.69) is 46.7 Å². The van der Waals surface area contributed by atoms with Gasteiger partial charge in [-0.3, -0.25) is 9.89 Å². The molecule has 1 aromatic heterocycles. The van der Waals surface area contributed by atoms with Crippen molar-refractivity contribution >= 4 is 5.91 Å². The fraction of sp³-hybridized carbons (Fsp3) is 0.375. The number of hydrogen-bond acceptors (Lipinski definition) is 2. The lowest BCUT2D eigenvalue weighted by Crippen LogP contribution is -2.25. The molecule has 20 heavy (non-hydrogen) atoms. The maximum atomic E-state index is 11.7. The van der Waals surface area contributed by atoms with Crippen LogP contribution < -0.4 is 5.32 Å². The Morgan fingerprint density at radius 3 is 2.85 bits per heavy atom. The van der Waals surface area contributed by atoms with E-state index in [-0.39, 0.29) is 5.91 Å². The number of rotatable bonds is 7. The van der Waals surface area contributed by atoms with Gasteiger partial charge in [0.1, 0.15) is 0 Å². The van der Waals surface area contributed by atoms with Crippen molar-refractivity contribution in [2.24, 2.45) is 0 Å². The third kappa shape index (κ3) is 4.53. The number of amides is 1. The Morgan fingerprint density at radius 1 is 1.35 bits per heavy atom. The van der Waals surface area contributed by atoms with Crippen LogP contribution in [-0.2, 0) is 11.2 Å². The predicted molar refractivity (Wildman–Crippen MR) is 79.4 cm³/mol. The van der Waals surface area contributed by atoms with Crippen LogP contribution in [-0.4, -0.2) is 22.6 Å². The zero-order chi connectivity index (χ0) is 14.2. The Morgan fingerprint density at radius 2 is 2.15 bits per heavy atom. The van der Waals surface area contributed by atoms with E-state index in [1.807, 2.05) is 12.3 Å². The number of aromatic nitrogens is 2. The van der Waals surface area contributed by atoms with Gasteiger partial charge in [-0.05, 0) is 29.9 Å². The van der Waals surface area contributed by atoms with Gasteiger partial charge in [0.05, 0.1) is 6.20 Å². The van der Waals surface area contributed by atoms with Gasteiger partial charge in [-0.25, -0.2) is 0 Å². The maximum Gasteiger partial charge on any atom is 0.220 e. The first-order valence-electron chi connectivity index (χ1n) is 7.05. The van der Waals surface area contributed by atoms with Crippen molar-refractivity contribution in [1.29, 1.82) is 0 Å². The SMILES string of the molecule is CC(CCNC(=O)CCc1cn[nH]c1)c1ccccc1. The minimum absolute atomic E-state index is 0.103. The van der Waals surface area contributed by atoms with E-state index in [0.717, 1.165) is 24.9 Å². The second kappa shape index (κ2) is 7.48. The van der Waals surface area contributed by atoms with Gasteiger partial charge in [0.2, 0.25) is 5.91 Å². The molecular weight excluding hydrogens is 250 g/mol. The molecular formula is C16H21N3O. The van der Waals surface area contributed by atoms with Crippen LogP contribution in [0, 0.1) is 0 Å². The van der Waals surface area contributed by atoms with Crippen LogP contribution in [0.1, 0.15) is 36.8 Å². The average molecular weight is 271 g/mol. The summed E-state index contributed by atoms with van der Waals surface area (Å²) in [4.78, 5) is 11.7. The predicted octanol–water partition coefficient (Wildman–Crippen LogP) is 2.65. The van der Waals surface area contributed by atoms with Gasteiger partial charge >= 0.3 is 0 Å². The zero-order valence-corrected chi connectivity index (χ0v) is 11.8. The van der Waals surface area contributed by atoms with E-state index in [1.165, 1.54) is 5.56 Å². The Balaban J connectivity index is 1.64. The van der Waals surface area contributed by atoms with Gasteiger partial charge in [-0.15, -0.1) is 0 Å². The molecule has 1 atom stereocenters. The largest absolute Gasteiger partial charge is 0.356 e. The second-order valence-electron chi connectivity index (χ2n) is 5.06. The lowest BCUT2D eigenvalue weighted by molar-refractivity contribution is -0.121. The van der Waals surface area contributed by atoms with E-state index in [0.29, 0.717) is 12.3 Å². The van der Waals surface area contributed by atoms with Gasteiger partial charge < -0.3 is 5.32 Å². The quantitative estimate of drug-likeness (QED) is 0.813. The molecule has 4 heteroatoms. The number of benzene rings is 1. The third-order valence-corrected chi connectivity index (χ3v) is 3.46. The third-order valence-electron chi connectivity index (χ3n) is 3.46. The number of carbonyl (C=O) groups is 1. The van der Waals surface area contributed by atoms with Gasteiger partial charge in [-0.1, -0.05) is 37.3 Å². The minimum Gasteiger partial charge on any atom is -0.356 e. The molecule has 106 valence electrons. The summed E-state index contributed by atoms with van der Waals surface area (Å²) >= 11 is 0. The lowest BCUT2D eigenvalue weighted by Gasteiger charge is -2.12. The fourth-order valence-electron chi connectivity index (χ4n) is 2.14. The van der Waals surface area contributed by atoms with E-state index in [1.54, 1.807) is 6.20 Å². The highest BCUT2D eigenvalue weighted by molar-refractivity contribution is 5.76. The molecule has 0 fully saturated rings. The molecule has 0 aliphatic heterocycles. The summed E-state index contributed by atoms with van der Waals surface area (Å²) in [6.45, 7) is 2.91. The maximum absolute atomic E-state index is 11.7. The van der Waals surface area contributed by atoms with Crippen molar-refractivity contribution < 1.29 is 4.79 Å². The molecule has 0 bridgehead atoms. The first-order chi connectivity index (χ1) is 9.75. The van der Waals surface area contributed by atoms with E-state index in [9.17, 15) is 4.79 Å². The Kier molecular flexibility index (Phi) is 5.35. The lowest BCUT2D eigenvalue weighted by atomic mass is 9.98. The van der Waals surface area contributed by atoms with Crippen molar-refractivity contribution in [3.05, 3.63) is 53.9 Å². The standard InChI is InChI=1S/C16H21N3O/c1-13(15-5-3-2-4-6-15)9-10-17-16(20)8-7-14-11-18-19-12-14/h2-6,11-13H,7-10H2,1H3,(H,17,20)(H,18,19). The Labute approximate surface area is 119 Å². The van der Waals surface area contributed by atoms with Crippen molar-refractivity contribution in [3.63, 3.8) is 0 Å². The van der Waals surface area contributed by atoms with Crippen molar-refractivity contribution in [3.8, 4) is 0 Å². The summed E-state index contributed by atoms with van der Waals surface area (Å²) in [6, 6.07) is 10.4. The smallest absolute Gasteiger partial charge is 0.220 e. The highest BCUT2D eigenvalue weighted by Crippen LogP contribution is 2.17. The second-order valence-corrected chi connectivity index (χ2v) is 5.06. The molecule has 0 spiro atoms. The molecule has 1 amide bonds. The molecule has 1 unspecified atom stereocenters. The van der Waals surface area contributed by atoms with Crippen molar-refractivity contribution in [1.82, 2.24) is 15.5 Å². The summed E-state index contributed by atoms with van der Waals surface area (Å²) < 4.78 is 0. The first kappa shape index (κ1) is 14.3. The number of nitrogens with zero attached hydrogens (tertiary/aromatic N) is 1. The van der Waals surface area contributed by atoms with E-state index >= 15 is 0 Å². The summed E-state index contributed by atoms with van der Waals surface area (Å²) in [5.41, 5.74) is 2.39. The summed E-state index contributed by atoms with van der Waals surface area (Å²) in [5.74, 6) is 0.567. The Hall–Kier alpha value is -2.10. The Bertz CT molecular complexity index is 508. The van der Waals surface area contributed by atoms with Crippen molar-refractivity contribution in [2.75, 3.05) is 6.54 Å². The molecule has 0 aliphatic carbocycles. The first-order valence-corrected chi connectivity index (χ1v) is 7.05. The number of aromatic amines is 1. The molecule has 2 rings (SSSR count). The molecule has 2 aromatic rings. The minimum atomic E-state index is 0.103. The van der Waals surface area contributed by atoms with Crippen LogP contribution in [0.4, 0.5) is 0 Å². The van der Waals surface area contributed by atoms with Crippen LogP contribution in [0.15, 0.2) is 42.7 Å². The van der Waals surface area contributed by atoms with Gasteiger partial charge in [0, 0.05) is 19.2 Å². The van der Waals surface area contributed by atoms with E-state index in [4.69, 9.17) is 0 Å². The van der Waals surface area contributed by atoms with Crippen molar-refractivity contribution in [2.45, 2.75) is 32.1 Å². The normalized spacial score (nSPS) is 12.1. The van der Waals surface area contributed by atoms with Crippen LogP contribution in [0.2, 0.25) is 0 Å². The van der Waals surface area contributed by atoms with Crippen LogP contribution in [0.3, 0.4) is 0 Å². The summed E-state index contributed by atoms with van der Waals surface area (Å²) in [7, 11) is 0. The van der Waals surface area contributed by atoms with Crippen LogP contribution in [0.25, 0.3) is 0 Å². The van der Waals surface area contributed by atoms with Gasteiger partial charge in [0.15, 0.2) is 0 Å². The monoisotopic (exact) mass is 271 g/mol. The van der Waals surface area contributed by atoms with Crippen LogP contribution in [0.5, 0.6) is 0 Å². The molecule has 0 saturated heterocycles. The molecule has 1 heterocycles. The topological polar surface area (TPSA) is 57.8 Å². The molecule has 2 N–H and O–H groups in total. The number of nitrogens with one attached hydrogen (secondary N) is 2. The molecule has 0 saturated carbocycles. The van der Waals surface area contributed by atoms with Gasteiger partial charge in [0.25, 0.3) is 0 Å². The zero-order valence-electron chi connectivity index (χ0n) is 11.8. The average Bonchev–Trinajstić information content (AvgIpc) is 2.99. The number of aryl methyl sites for hydroxylation is 1. The molecule has 0 aliphatic rings. The van der Waals surface area contributed by atoms with E-state index < -0.39 is 0 Å². The number of hydrogen-bond donors (Lipinski definition) is 2. The number of H-pyrrole nitrogens is 1. The number of carbonyl (C=O) groups excluding carboxylic acids is 1.